The highest BCUT2D eigenvalue weighted by atomic mass is 16.6. The lowest BCUT2D eigenvalue weighted by Gasteiger charge is -2.23. The zero-order valence-electron chi connectivity index (χ0n) is 21.0. The normalized spacial score (nSPS) is 12.1. The van der Waals surface area contributed by atoms with E-state index in [9.17, 15) is 9.59 Å². The molecule has 0 aliphatic rings. The standard InChI is InChI=1S/C30H31N3O3/c1-5-23(20-14-8-6-9-15-20)32-28(34)25-22-18-12-13-19-24(22)31-26(21-16-10-7-11-17-21)27(25)33-29(35)36-30(2,3)4/h6-19,23H,5H2,1-4H3,(H,32,34)(H,33,35)/t23-/m0/s1. The first-order valence-electron chi connectivity index (χ1n) is 12.1. The van der Waals surface area contributed by atoms with Gasteiger partial charge in [0.05, 0.1) is 28.5 Å². The van der Waals surface area contributed by atoms with Crippen LogP contribution in [-0.2, 0) is 4.74 Å². The Kier molecular flexibility index (Phi) is 7.34. The number of carbonyl (C=O) groups is 2. The van der Waals surface area contributed by atoms with Gasteiger partial charge >= 0.3 is 6.09 Å². The topological polar surface area (TPSA) is 80.3 Å². The van der Waals surface area contributed by atoms with Crippen molar-refractivity contribution in [2.45, 2.75) is 45.8 Å². The fourth-order valence-corrected chi connectivity index (χ4v) is 4.12. The van der Waals surface area contributed by atoms with Crippen LogP contribution in [0.25, 0.3) is 22.2 Å². The predicted molar refractivity (Wildman–Crippen MR) is 144 cm³/mol. The summed E-state index contributed by atoms with van der Waals surface area (Å²) in [7, 11) is 0. The van der Waals surface area contributed by atoms with Crippen molar-refractivity contribution in [1.82, 2.24) is 10.3 Å². The van der Waals surface area contributed by atoms with Gasteiger partial charge in [-0.15, -0.1) is 0 Å². The Morgan fingerprint density at radius 1 is 0.889 bits per heavy atom. The van der Waals surface area contributed by atoms with Crippen LogP contribution < -0.4 is 10.6 Å². The Hall–Kier alpha value is -4.19. The molecule has 6 nitrogen and oxygen atoms in total. The molecule has 1 atom stereocenters. The minimum Gasteiger partial charge on any atom is -0.444 e. The number of rotatable bonds is 6. The summed E-state index contributed by atoms with van der Waals surface area (Å²) in [5, 5.41) is 6.67. The van der Waals surface area contributed by atoms with Crippen LogP contribution in [-0.4, -0.2) is 22.6 Å². The smallest absolute Gasteiger partial charge is 0.412 e. The second kappa shape index (κ2) is 10.6. The molecule has 0 saturated carbocycles. The molecule has 4 aromatic rings. The number of nitrogens with zero attached hydrogens (tertiary/aromatic N) is 1. The van der Waals surface area contributed by atoms with Gasteiger partial charge in [0.2, 0.25) is 0 Å². The van der Waals surface area contributed by atoms with Crippen molar-refractivity contribution < 1.29 is 14.3 Å². The van der Waals surface area contributed by atoms with Crippen LogP contribution in [0.4, 0.5) is 10.5 Å². The third-order valence-corrected chi connectivity index (χ3v) is 5.71. The molecule has 6 heteroatoms. The number of benzene rings is 3. The third kappa shape index (κ3) is 5.71. The molecule has 0 aliphatic heterocycles. The molecule has 4 rings (SSSR count). The van der Waals surface area contributed by atoms with Gasteiger partial charge < -0.3 is 10.1 Å². The van der Waals surface area contributed by atoms with Crippen LogP contribution in [0.1, 0.15) is 56.1 Å². The maximum atomic E-state index is 13.9. The van der Waals surface area contributed by atoms with Crippen LogP contribution in [0.3, 0.4) is 0 Å². The molecule has 36 heavy (non-hydrogen) atoms. The first kappa shape index (κ1) is 24.9. The second-order valence-corrected chi connectivity index (χ2v) is 9.57. The van der Waals surface area contributed by atoms with Crippen molar-refractivity contribution in [1.29, 1.82) is 0 Å². The molecular weight excluding hydrogens is 450 g/mol. The zero-order valence-corrected chi connectivity index (χ0v) is 21.0. The lowest BCUT2D eigenvalue weighted by molar-refractivity contribution is 0.0636. The number of hydrogen-bond acceptors (Lipinski definition) is 4. The van der Waals surface area contributed by atoms with Crippen LogP contribution in [0.15, 0.2) is 84.9 Å². The van der Waals surface area contributed by atoms with Gasteiger partial charge in [0.15, 0.2) is 0 Å². The molecule has 1 aromatic heterocycles. The molecular formula is C30H31N3O3. The average Bonchev–Trinajstić information content (AvgIpc) is 2.86. The van der Waals surface area contributed by atoms with E-state index in [1.807, 2.05) is 91.9 Å². The van der Waals surface area contributed by atoms with E-state index in [0.29, 0.717) is 34.3 Å². The fraction of sp³-hybridized carbons (Fsp3) is 0.233. The number of amides is 2. The van der Waals surface area contributed by atoms with Crippen LogP contribution >= 0.6 is 0 Å². The van der Waals surface area contributed by atoms with E-state index in [-0.39, 0.29) is 11.9 Å². The van der Waals surface area contributed by atoms with Gasteiger partial charge in [-0.05, 0) is 38.8 Å². The van der Waals surface area contributed by atoms with Crippen molar-refractivity contribution in [2.75, 3.05) is 5.32 Å². The van der Waals surface area contributed by atoms with Crippen LogP contribution in [0.5, 0.6) is 0 Å². The highest BCUT2D eigenvalue weighted by molar-refractivity contribution is 6.15. The Morgan fingerprint density at radius 3 is 2.14 bits per heavy atom. The Bertz CT molecular complexity index is 1360. The molecule has 2 amide bonds. The van der Waals surface area contributed by atoms with E-state index in [2.05, 4.69) is 10.6 Å². The molecule has 0 saturated heterocycles. The molecule has 0 bridgehead atoms. The van der Waals surface area contributed by atoms with E-state index in [0.717, 1.165) is 11.1 Å². The van der Waals surface area contributed by atoms with E-state index in [1.54, 1.807) is 20.8 Å². The number of nitrogens with one attached hydrogen (secondary N) is 2. The zero-order chi connectivity index (χ0) is 25.7. The number of aromatic nitrogens is 1. The summed E-state index contributed by atoms with van der Waals surface area (Å²) in [6, 6.07) is 26.6. The first-order valence-corrected chi connectivity index (χ1v) is 12.1. The number of para-hydroxylation sites is 1. The summed E-state index contributed by atoms with van der Waals surface area (Å²) < 4.78 is 5.54. The van der Waals surface area contributed by atoms with Gasteiger partial charge in [-0.1, -0.05) is 85.8 Å². The predicted octanol–water partition coefficient (Wildman–Crippen LogP) is 7.13. The third-order valence-electron chi connectivity index (χ3n) is 5.71. The number of ether oxygens (including phenoxy) is 1. The fourth-order valence-electron chi connectivity index (χ4n) is 4.12. The Labute approximate surface area is 211 Å². The second-order valence-electron chi connectivity index (χ2n) is 9.57. The maximum Gasteiger partial charge on any atom is 0.412 e. The molecule has 0 radical (unpaired) electrons. The van der Waals surface area contributed by atoms with Gasteiger partial charge in [0.25, 0.3) is 5.91 Å². The van der Waals surface area contributed by atoms with Crippen LogP contribution in [0.2, 0.25) is 0 Å². The van der Waals surface area contributed by atoms with Gasteiger partial charge in [0, 0.05) is 10.9 Å². The Morgan fingerprint density at radius 2 is 1.50 bits per heavy atom. The minimum absolute atomic E-state index is 0.194. The molecule has 3 aromatic carbocycles. The summed E-state index contributed by atoms with van der Waals surface area (Å²) in [5.74, 6) is -0.299. The summed E-state index contributed by atoms with van der Waals surface area (Å²) in [4.78, 5) is 31.7. The molecule has 0 unspecified atom stereocenters. The summed E-state index contributed by atoms with van der Waals surface area (Å²) in [6.45, 7) is 7.41. The molecule has 2 N–H and O–H groups in total. The largest absolute Gasteiger partial charge is 0.444 e. The number of pyridine rings is 1. The van der Waals surface area contributed by atoms with Gasteiger partial charge in [-0.3, -0.25) is 10.1 Å². The minimum atomic E-state index is -0.704. The van der Waals surface area contributed by atoms with Crippen molar-refractivity contribution in [3.8, 4) is 11.3 Å². The number of carbonyl (C=O) groups excluding carboxylic acids is 2. The quantitative estimate of drug-likeness (QED) is 0.307. The Balaban J connectivity index is 1.88. The monoisotopic (exact) mass is 481 g/mol. The number of fused-ring (bicyclic) bond motifs is 1. The molecule has 0 fully saturated rings. The maximum absolute atomic E-state index is 13.9. The van der Waals surface area contributed by atoms with E-state index >= 15 is 0 Å². The molecule has 1 heterocycles. The summed E-state index contributed by atoms with van der Waals surface area (Å²) in [6.07, 6.45) is 0.0555. The molecule has 0 aliphatic carbocycles. The lowest BCUT2D eigenvalue weighted by atomic mass is 9.99. The van der Waals surface area contributed by atoms with E-state index in [4.69, 9.17) is 9.72 Å². The van der Waals surface area contributed by atoms with Gasteiger partial charge in [-0.25, -0.2) is 9.78 Å². The SMILES string of the molecule is CC[C@H](NC(=O)c1c(NC(=O)OC(C)(C)C)c(-c2ccccc2)nc2ccccc12)c1ccccc1. The highest BCUT2D eigenvalue weighted by Gasteiger charge is 2.26. The van der Waals surface area contributed by atoms with Crippen molar-refractivity contribution in [3.05, 3.63) is 96.1 Å². The van der Waals surface area contributed by atoms with Crippen molar-refractivity contribution >= 4 is 28.6 Å². The van der Waals surface area contributed by atoms with Crippen LogP contribution in [0, 0.1) is 0 Å². The highest BCUT2D eigenvalue weighted by Crippen LogP contribution is 2.35. The van der Waals surface area contributed by atoms with E-state index < -0.39 is 11.7 Å². The lowest BCUT2D eigenvalue weighted by Crippen LogP contribution is -2.31. The van der Waals surface area contributed by atoms with Crippen molar-refractivity contribution in [3.63, 3.8) is 0 Å². The molecule has 184 valence electrons. The van der Waals surface area contributed by atoms with Gasteiger partial charge in [-0.2, -0.15) is 0 Å². The van der Waals surface area contributed by atoms with E-state index in [1.165, 1.54) is 0 Å². The summed E-state index contributed by atoms with van der Waals surface area (Å²) in [5.41, 5.74) is 2.90. The average molecular weight is 482 g/mol. The number of anilines is 1. The number of hydrogen-bond donors (Lipinski definition) is 2. The van der Waals surface area contributed by atoms with Crippen molar-refractivity contribution in [2.24, 2.45) is 0 Å². The molecule has 0 spiro atoms. The van der Waals surface area contributed by atoms with Gasteiger partial charge in [0.1, 0.15) is 5.60 Å². The summed E-state index contributed by atoms with van der Waals surface area (Å²) >= 11 is 0. The first-order chi connectivity index (χ1) is 17.3.